The van der Waals surface area contributed by atoms with Gasteiger partial charge in [-0.05, 0) is 26.2 Å². The number of ether oxygens (including phenoxy) is 1. The largest absolute Gasteiger partial charge is 0.449 e. The van der Waals surface area contributed by atoms with Crippen molar-refractivity contribution in [2.45, 2.75) is 38.6 Å². The second-order valence-corrected chi connectivity index (χ2v) is 5.72. The van der Waals surface area contributed by atoms with Crippen LogP contribution in [-0.4, -0.2) is 49.7 Å². The average molecular weight is 280 g/mol. The molecule has 1 heterocycles. The van der Waals surface area contributed by atoms with E-state index in [-0.39, 0.29) is 19.3 Å². The summed E-state index contributed by atoms with van der Waals surface area (Å²) in [6, 6.07) is -0.254. The quantitative estimate of drug-likeness (QED) is 0.750. The maximum absolute atomic E-state index is 12.0. The molecule has 1 atom stereocenters. The van der Waals surface area contributed by atoms with Crippen LogP contribution in [0.2, 0.25) is 0 Å². The van der Waals surface area contributed by atoms with Crippen molar-refractivity contribution in [2.75, 3.05) is 19.8 Å². The van der Waals surface area contributed by atoms with Crippen LogP contribution >= 0.6 is 0 Å². The summed E-state index contributed by atoms with van der Waals surface area (Å²) in [7, 11) is -3.88. The first kappa shape index (κ1) is 15.2. The SMILES string of the molecule is CCOC(=O)NS(=O)(=O)N1CCCCC1CCO. The smallest absolute Gasteiger partial charge is 0.421 e. The summed E-state index contributed by atoms with van der Waals surface area (Å²) in [5, 5.41) is 8.93. The van der Waals surface area contributed by atoms with Gasteiger partial charge in [0.25, 0.3) is 0 Å². The zero-order valence-corrected chi connectivity index (χ0v) is 11.3. The van der Waals surface area contributed by atoms with E-state index in [0.29, 0.717) is 19.4 Å². The summed E-state index contributed by atoms with van der Waals surface area (Å²) in [6.45, 7) is 2.00. The molecule has 0 radical (unpaired) electrons. The van der Waals surface area contributed by atoms with Gasteiger partial charge in [0.15, 0.2) is 0 Å². The van der Waals surface area contributed by atoms with Crippen molar-refractivity contribution in [2.24, 2.45) is 0 Å². The molecule has 0 aromatic heterocycles. The van der Waals surface area contributed by atoms with Gasteiger partial charge in [-0.1, -0.05) is 6.42 Å². The van der Waals surface area contributed by atoms with E-state index in [9.17, 15) is 13.2 Å². The van der Waals surface area contributed by atoms with Crippen molar-refractivity contribution in [3.05, 3.63) is 0 Å². The molecule has 18 heavy (non-hydrogen) atoms. The number of carbonyl (C=O) groups is 1. The van der Waals surface area contributed by atoms with Crippen LogP contribution < -0.4 is 4.72 Å². The molecular weight excluding hydrogens is 260 g/mol. The number of nitrogens with zero attached hydrogens (tertiary/aromatic N) is 1. The van der Waals surface area contributed by atoms with E-state index in [4.69, 9.17) is 5.11 Å². The van der Waals surface area contributed by atoms with Crippen LogP contribution in [0.25, 0.3) is 0 Å². The van der Waals surface area contributed by atoms with Gasteiger partial charge >= 0.3 is 16.3 Å². The van der Waals surface area contributed by atoms with E-state index in [0.717, 1.165) is 12.8 Å². The molecule has 1 aliphatic rings. The van der Waals surface area contributed by atoms with Gasteiger partial charge in [0.1, 0.15) is 0 Å². The van der Waals surface area contributed by atoms with Crippen LogP contribution in [0.5, 0.6) is 0 Å². The molecule has 106 valence electrons. The monoisotopic (exact) mass is 280 g/mol. The van der Waals surface area contributed by atoms with E-state index in [2.05, 4.69) is 4.74 Å². The third-order valence-electron chi connectivity index (χ3n) is 2.83. The van der Waals surface area contributed by atoms with Crippen LogP contribution in [0, 0.1) is 0 Å². The molecular formula is C10H20N2O5S. The second-order valence-electron chi connectivity index (χ2n) is 4.10. The molecule has 0 aromatic carbocycles. The van der Waals surface area contributed by atoms with Crippen molar-refractivity contribution in [1.82, 2.24) is 9.03 Å². The van der Waals surface area contributed by atoms with Gasteiger partial charge in [-0.2, -0.15) is 12.7 Å². The molecule has 1 amide bonds. The molecule has 1 rings (SSSR count). The second kappa shape index (κ2) is 6.91. The Hall–Kier alpha value is -0.860. The minimum absolute atomic E-state index is 0.0733. The summed E-state index contributed by atoms with van der Waals surface area (Å²) in [4.78, 5) is 11.2. The molecule has 7 nitrogen and oxygen atoms in total. The number of aliphatic hydroxyl groups excluding tert-OH is 1. The first-order valence-electron chi connectivity index (χ1n) is 6.08. The summed E-state index contributed by atoms with van der Waals surface area (Å²) < 4.78 is 31.6. The molecule has 0 saturated carbocycles. The predicted molar refractivity (Wildman–Crippen MR) is 65.1 cm³/mol. The summed E-state index contributed by atoms with van der Waals surface area (Å²) in [6.07, 6.45) is 1.79. The Kier molecular flexibility index (Phi) is 5.83. The minimum atomic E-state index is -3.88. The first-order valence-corrected chi connectivity index (χ1v) is 7.52. The fourth-order valence-electron chi connectivity index (χ4n) is 2.05. The van der Waals surface area contributed by atoms with Gasteiger partial charge in [0.05, 0.1) is 6.61 Å². The predicted octanol–water partition coefficient (Wildman–Crippen LogP) is 0.214. The van der Waals surface area contributed by atoms with Crippen LogP contribution in [0.1, 0.15) is 32.6 Å². The molecule has 1 saturated heterocycles. The molecule has 0 aliphatic carbocycles. The topological polar surface area (TPSA) is 95.9 Å². The van der Waals surface area contributed by atoms with E-state index < -0.39 is 16.3 Å². The highest BCUT2D eigenvalue weighted by molar-refractivity contribution is 7.87. The van der Waals surface area contributed by atoms with Crippen molar-refractivity contribution >= 4 is 16.3 Å². The molecule has 0 aromatic rings. The Morgan fingerprint density at radius 1 is 1.50 bits per heavy atom. The molecule has 1 fully saturated rings. The number of aliphatic hydroxyl groups is 1. The number of nitrogens with one attached hydrogen (secondary N) is 1. The maximum Gasteiger partial charge on any atom is 0.421 e. The van der Waals surface area contributed by atoms with Gasteiger partial charge < -0.3 is 9.84 Å². The van der Waals surface area contributed by atoms with E-state index in [1.54, 1.807) is 6.92 Å². The zero-order valence-electron chi connectivity index (χ0n) is 10.5. The zero-order chi connectivity index (χ0) is 13.6. The van der Waals surface area contributed by atoms with Gasteiger partial charge in [0.2, 0.25) is 0 Å². The Morgan fingerprint density at radius 2 is 2.22 bits per heavy atom. The standard InChI is InChI=1S/C10H20N2O5S/c1-2-17-10(14)11-18(15,16)12-7-4-3-5-9(12)6-8-13/h9,13H,2-8H2,1H3,(H,11,14). The minimum Gasteiger partial charge on any atom is -0.449 e. The molecule has 0 bridgehead atoms. The van der Waals surface area contributed by atoms with E-state index in [1.165, 1.54) is 4.31 Å². The van der Waals surface area contributed by atoms with E-state index >= 15 is 0 Å². The number of hydrogen-bond acceptors (Lipinski definition) is 5. The number of hydrogen-bond donors (Lipinski definition) is 2. The van der Waals surface area contributed by atoms with Gasteiger partial charge in [-0.15, -0.1) is 0 Å². The average Bonchev–Trinajstić information content (AvgIpc) is 2.29. The Balaban J connectivity index is 2.71. The molecule has 1 aliphatic heterocycles. The molecule has 1 unspecified atom stereocenters. The number of carbonyl (C=O) groups excluding carboxylic acids is 1. The van der Waals surface area contributed by atoms with Gasteiger partial charge in [-0.3, -0.25) is 0 Å². The fourth-order valence-corrected chi connectivity index (χ4v) is 3.41. The summed E-state index contributed by atoms with van der Waals surface area (Å²) in [5.74, 6) is 0. The fraction of sp³-hybridized carbons (Fsp3) is 0.900. The lowest BCUT2D eigenvalue weighted by Gasteiger charge is -2.33. The lowest BCUT2D eigenvalue weighted by molar-refractivity contribution is 0.156. The van der Waals surface area contributed by atoms with Crippen LogP contribution in [0.15, 0.2) is 0 Å². The summed E-state index contributed by atoms with van der Waals surface area (Å²) in [5.41, 5.74) is 0. The Morgan fingerprint density at radius 3 is 2.83 bits per heavy atom. The molecule has 8 heteroatoms. The highest BCUT2D eigenvalue weighted by atomic mass is 32.2. The lowest BCUT2D eigenvalue weighted by atomic mass is 10.0. The third-order valence-corrected chi connectivity index (χ3v) is 4.35. The summed E-state index contributed by atoms with van der Waals surface area (Å²) >= 11 is 0. The normalized spacial score (nSPS) is 21.6. The van der Waals surface area contributed by atoms with Crippen molar-refractivity contribution in [3.8, 4) is 0 Å². The number of piperidine rings is 1. The van der Waals surface area contributed by atoms with Crippen LogP contribution in [0.3, 0.4) is 0 Å². The lowest BCUT2D eigenvalue weighted by Crippen LogP contribution is -2.50. The molecule has 0 spiro atoms. The Labute approximate surface area is 107 Å². The Bertz CT molecular complexity index is 368. The maximum atomic E-state index is 12.0. The van der Waals surface area contributed by atoms with Crippen molar-refractivity contribution in [1.29, 1.82) is 0 Å². The highest BCUT2D eigenvalue weighted by Gasteiger charge is 2.33. The molecule has 2 N–H and O–H groups in total. The van der Waals surface area contributed by atoms with Crippen LogP contribution in [0.4, 0.5) is 4.79 Å². The number of amides is 1. The van der Waals surface area contributed by atoms with E-state index in [1.807, 2.05) is 4.72 Å². The van der Waals surface area contributed by atoms with Crippen LogP contribution in [-0.2, 0) is 14.9 Å². The first-order chi connectivity index (χ1) is 8.51. The highest BCUT2D eigenvalue weighted by Crippen LogP contribution is 2.21. The van der Waals surface area contributed by atoms with Gasteiger partial charge in [0, 0.05) is 19.2 Å². The van der Waals surface area contributed by atoms with Gasteiger partial charge in [-0.25, -0.2) is 9.52 Å². The third kappa shape index (κ3) is 4.11. The number of rotatable bonds is 5. The van der Waals surface area contributed by atoms with Crippen molar-refractivity contribution in [3.63, 3.8) is 0 Å². The van der Waals surface area contributed by atoms with Crippen molar-refractivity contribution < 1.29 is 23.1 Å².